The quantitative estimate of drug-likeness (QED) is 0.696. The third kappa shape index (κ3) is 2.46. The van der Waals surface area contributed by atoms with E-state index in [1.165, 1.54) is 0 Å². The van der Waals surface area contributed by atoms with Crippen LogP contribution in [0.5, 0.6) is 0 Å². The average molecular weight is 391 g/mol. The second-order valence-electron chi connectivity index (χ2n) is 5.90. The Balaban J connectivity index is 1.89. The lowest BCUT2D eigenvalue weighted by atomic mass is 10.1. The molecule has 0 spiro atoms. The van der Waals surface area contributed by atoms with Gasteiger partial charge in [-0.05, 0) is 28.5 Å². The van der Waals surface area contributed by atoms with Crippen molar-refractivity contribution in [1.29, 1.82) is 0 Å². The van der Waals surface area contributed by atoms with Crippen LogP contribution >= 0.6 is 15.9 Å². The Morgan fingerprint density at radius 2 is 2.12 bits per heavy atom. The Morgan fingerprint density at radius 1 is 1.33 bits per heavy atom. The van der Waals surface area contributed by atoms with Crippen molar-refractivity contribution in [1.82, 2.24) is 24.4 Å². The predicted molar refractivity (Wildman–Crippen MR) is 94.0 cm³/mol. The number of hydrogen-bond acceptors (Lipinski definition) is 5. The molecule has 0 bridgehead atoms. The second-order valence-corrected chi connectivity index (χ2v) is 6.72. The standard InChI is InChI=1S/C16H16BrFN6/c1-2-23-6-9(7-23)24-8-11(10-3-14(17)20-5-13(10)24)15-12(18)4-21-16(19)22-15/h3-5,8-9H,2,6-7H2,1H3,(H2,19,21,22). The molecule has 3 aromatic heterocycles. The third-order valence-corrected chi connectivity index (χ3v) is 4.92. The van der Waals surface area contributed by atoms with Gasteiger partial charge in [0.2, 0.25) is 5.95 Å². The van der Waals surface area contributed by atoms with E-state index in [1.807, 2.05) is 12.3 Å². The first kappa shape index (κ1) is 15.5. The summed E-state index contributed by atoms with van der Waals surface area (Å²) in [6.07, 6.45) is 4.86. The van der Waals surface area contributed by atoms with Gasteiger partial charge in [0.25, 0.3) is 0 Å². The van der Waals surface area contributed by atoms with Gasteiger partial charge >= 0.3 is 0 Å². The highest BCUT2D eigenvalue weighted by molar-refractivity contribution is 9.10. The number of nitrogen functional groups attached to an aromatic ring is 1. The van der Waals surface area contributed by atoms with Crippen molar-refractivity contribution < 1.29 is 4.39 Å². The minimum Gasteiger partial charge on any atom is -0.368 e. The van der Waals surface area contributed by atoms with Crippen LogP contribution in [0, 0.1) is 5.82 Å². The molecule has 4 rings (SSSR count). The van der Waals surface area contributed by atoms with Gasteiger partial charge in [0.15, 0.2) is 5.82 Å². The van der Waals surface area contributed by atoms with Gasteiger partial charge in [0, 0.05) is 30.2 Å². The summed E-state index contributed by atoms with van der Waals surface area (Å²) in [5.74, 6) is -0.429. The number of nitrogens with zero attached hydrogens (tertiary/aromatic N) is 5. The van der Waals surface area contributed by atoms with Crippen LogP contribution in [-0.2, 0) is 0 Å². The number of likely N-dealkylation sites (tertiary alicyclic amines) is 1. The number of anilines is 1. The monoisotopic (exact) mass is 390 g/mol. The highest BCUT2D eigenvalue weighted by Crippen LogP contribution is 2.35. The van der Waals surface area contributed by atoms with Gasteiger partial charge in [-0.2, -0.15) is 0 Å². The summed E-state index contributed by atoms with van der Waals surface area (Å²) in [7, 11) is 0. The van der Waals surface area contributed by atoms with Crippen LogP contribution in [0.1, 0.15) is 13.0 Å². The molecule has 6 nitrogen and oxygen atoms in total. The fourth-order valence-electron chi connectivity index (χ4n) is 3.16. The second kappa shape index (κ2) is 5.78. The van der Waals surface area contributed by atoms with E-state index in [9.17, 15) is 4.39 Å². The molecule has 8 heteroatoms. The Hall–Kier alpha value is -2.06. The maximum atomic E-state index is 14.3. The first-order valence-electron chi connectivity index (χ1n) is 7.73. The predicted octanol–water partition coefficient (Wildman–Crippen LogP) is 2.85. The van der Waals surface area contributed by atoms with Crippen LogP contribution in [0.3, 0.4) is 0 Å². The minimum atomic E-state index is -0.486. The highest BCUT2D eigenvalue weighted by Gasteiger charge is 2.29. The summed E-state index contributed by atoms with van der Waals surface area (Å²) in [4.78, 5) is 14.5. The first-order valence-corrected chi connectivity index (χ1v) is 8.53. The van der Waals surface area contributed by atoms with Gasteiger partial charge in [0.05, 0.1) is 24.0 Å². The number of rotatable bonds is 3. The normalized spacial score (nSPS) is 15.8. The van der Waals surface area contributed by atoms with E-state index in [4.69, 9.17) is 5.73 Å². The summed E-state index contributed by atoms with van der Waals surface area (Å²) >= 11 is 3.39. The number of halogens is 2. The van der Waals surface area contributed by atoms with Crippen LogP contribution in [0.4, 0.5) is 10.3 Å². The van der Waals surface area contributed by atoms with E-state index in [0.29, 0.717) is 16.2 Å². The van der Waals surface area contributed by atoms with E-state index in [2.05, 4.69) is 47.3 Å². The van der Waals surface area contributed by atoms with E-state index < -0.39 is 5.82 Å². The summed E-state index contributed by atoms with van der Waals surface area (Å²) < 4.78 is 17.1. The lowest BCUT2D eigenvalue weighted by Gasteiger charge is -2.39. The SMILES string of the molecule is CCN1CC(n2cc(-c3nc(N)ncc3F)c3cc(Br)ncc32)C1. The smallest absolute Gasteiger partial charge is 0.220 e. The van der Waals surface area contributed by atoms with Gasteiger partial charge in [-0.3, -0.25) is 4.90 Å². The lowest BCUT2D eigenvalue weighted by Crippen LogP contribution is -2.47. The Labute approximate surface area is 146 Å². The minimum absolute atomic E-state index is 0.0567. The third-order valence-electron chi connectivity index (χ3n) is 4.48. The molecule has 1 aliphatic rings. The molecule has 0 radical (unpaired) electrons. The van der Waals surface area contributed by atoms with Crippen molar-refractivity contribution in [3.63, 3.8) is 0 Å². The average Bonchev–Trinajstić information content (AvgIpc) is 2.87. The van der Waals surface area contributed by atoms with Crippen LogP contribution in [0.25, 0.3) is 22.2 Å². The summed E-state index contributed by atoms with van der Waals surface area (Å²) in [5, 5.41) is 0.892. The lowest BCUT2D eigenvalue weighted by molar-refractivity contribution is 0.117. The summed E-state index contributed by atoms with van der Waals surface area (Å²) in [6.45, 7) is 5.13. The molecule has 1 fully saturated rings. The molecule has 24 heavy (non-hydrogen) atoms. The van der Waals surface area contributed by atoms with Gasteiger partial charge in [-0.1, -0.05) is 6.92 Å². The maximum absolute atomic E-state index is 14.3. The van der Waals surface area contributed by atoms with Crippen LogP contribution < -0.4 is 5.73 Å². The van der Waals surface area contributed by atoms with Crippen LogP contribution in [-0.4, -0.2) is 44.1 Å². The van der Waals surface area contributed by atoms with Crippen molar-refractivity contribution in [2.75, 3.05) is 25.4 Å². The summed E-state index contributed by atoms with van der Waals surface area (Å²) in [6, 6.07) is 2.24. The molecule has 2 N–H and O–H groups in total. The molecule has 1 saturated heterocycles. The number of hydrogen-bond donors (Lipinski definition) is 1. The van der Waals surface area contributed by atoms with E-state index in [-0.39, 0.29) is 11.6 Å². The molecule has 124 valence electrons. The number of likely N-dealkylation sites (N-methyl/N-ethyl adjacent to an activating group) is 1. The van der Waals surface area contributed by atoms with Gasteiger partial charge in [-0.15, -0.1) is 0 Å². The Morgan fingerprint density at radius 3 is 2.88 bits per heavy atom. The van der Waals surface area contributed by atoms with E-state index in [1.54, 1.807) is 6.20 Å². The van der Waals surface area contributed by atoms with Crippen LogP contribution in [0.15, 0.2) is 29.3 Å². The number of nitrogens with two attached hydrogens (primary N) is 1. The van der Waals surface area contributed by atoms with Gasteiger partial charge < -0.3 is 10.3 Å². The molecule has 1 aliphatic heterocycles. The topological polar surface area (TPSA) is 72.9 Å². The molecule has 0 atom stereocenters. The maximum Gasteiger partial charge on any atom is 0.220 e. The number of pyridine rings is 1. The molecule has 0 unspecified atom stereocenters. The number of fused-ring (bicyclic) bond motifs is 1. The molecule has 0 aliphatic carbocycles. The molecule has 0 aromatic carbocycles. The van der Waals surface area contributed by atoms with E-state index >= 15 is 0 Å². The molecule has 0 amide bonds. The molecular weight excluding hydrogens is 375 g/mol. The molecule has 4 heterocycles. The van der Waals surface area contributed by atoms with Crippen molar-refractivity contribution in [3.05, 3.63) is 35.1 Å². The summed E-state index contributed by atoms with van der Waals surface area (Å²) in [5.41, 5.74) is 7.54. The van der Waals surface area contributed by atoms with E-state index in [0.717, 1.165) is 36.7 Å². The zero-order chi connectivity index (χ0) is 16.8. The Bertz CT molecular complexity index is 918. The number of aromatic nitrogens is 4. The first-order chi connectivity index (χ1) is 11.6. The molecule has 0 saturated carbocycles. The van der Waals surface area contributed by atoms with Crippen LogP contribution in [0.2, 0.25) is 0 Å². The fraction of sp³-hybridized carbons (Fsp3) is 0.312. The van der Waals surface area contributed by atoms with Gasteiger partial charge in [-0.25, -0.2) is 19.3 Å². The van der Waals surface area contributed by atoms with Crippen molar-refractivity contribution >= 4 is 32.8 Å². The zero-order valence-corrected chi connectivity index (χ0v) is 14.7. The largest absolute Gasteiger partial charge is 0.368 e. The van der Waals surface area contributed by atoms with Crippen molar-refractivity contribution in [2.45, 2.75) is 13.0 Å². The fourth-order valence-corrected chi connectivity index (χ4v) is 3.49. The highest BCUT2D eigenvalue weighted by atomic mass is 79.9. The zero-order valence-electron chi connectivity index (χ0n) is 13.1. The van der Waals surface area contributed by atoms with Crippen molar-refractivity contribution in [3.8, 4) is 11.3 Å². The molecule has 3 aromatic rings. The molecular formula is C16H16BrFN6. The van der Waals surface area contributed by atoms with Gasteiger partial charge in [0.1, 0.15) is 10.3 Å². The Kier molecular flexibility index (Phi) is 3.73. The van der Waals surface area contributed by atoms with Crippen molar-refractivity contribution in [2.24, 2.45) is 0 Å².